The van der Waals surface area contributed by atoms with E-state index in [9.17, 15) is 8.42 Å². The predicted molar refractivity (Wildman–Crippen MR) is 147 cm³/mol. The number of pyridine rings is 2. The minimum absolute atomic E-state index is 0.431. The largest absolute Gasteiger partial charge is 0.401 e. The third-order valence-corrected chi connectivity index (χ3v) is 10.3. The van der Waals surface area contributed by atoms with Crippen LogP contribution in [0.2, 0.25) is 0 Å². The van der Waals surface area contributed by atoms with Crippen LogP contribution in [0.25, 0.3) is 27.8 Å². The summed E-state index contributed by atoms with van der Waals surface area (Å²) in [5.74, 6) is 7.36. The van der Waals surface area contributed by atoms with Gasteiger partial charge in [-0.2, -0.15) is 0 Å². The number of fused-ring (bicyclic) bond motifs is 3. The molecule has 0 aromatic carbocycles. The van der Waals surface area contributed by atoms with Crippen LogP contribution >= 0.6 is 0 Å². The molecule has 200 valence electrons. The van der Waals surface area contributed by atoms with Crippen LogP contribution in [0.4, 0.5) is 5.82 Å². The van der Waals surface area contributed by atoms with Crippen LogP contribution in [0.15, 0.2) is 30.1 Å². The first-order chi connectivity index (χ1) is 17.6. The number of aromatic nitrogens is 3. The highest BCUT2D eigenvalue weighted by Crippen LogP contribution is 2.33. The second-order valence-corrected chi connectivity index (χ2v) is 13.3. The molecule has 2 aliphatic rings. The monoisotopic (exact) mass is 527 g/mol. The van der Waals surface area contributed by atoms with Crippen LogP contribution in [0.1, 0.15) is 39.2 Å². The number of hydrogen-bond acceptors (Lipinski definition) is 9. The molecule has 2 aliphatic heterocycles. The molecular formula is C26H37N7O3S. The molecule has 3 aromatic heterocycles. The number of hydrogen-bond donors (Lipinski definition) is 2. The SMILES string of the molecule is C/C(N)=C(\c1cnc2c3ccc(N4CC(C)S(=O)(=O)C(C)C4)nc3n(CC3CCOCC3)c2c1)N(C)N. The molecular weight excluding hydrogens is 490 g/mol. The number of nitrogens with two attached hydrogens (primary N) is 2. The van der Waals surface area contributed by atoms with Crippen molar-refractivity contribution in [2.75, 3.05) is 38.3 Å². The highest BCUT2D eigenvalue weighted by molar-refractivity contribution is 7.92. The lowest BCUT2D eigenvalue weighted by atomic mass is 10.0. The van der Waals surface area contributed by atoms with E-state index in [1.54, 1.807) is 20.9 Å². The van der Waals surface area contributed by atoms with Gasteiger partial charge in [0.05, 0.1) is 27.2 Å². The zero-order valence-corrected chi connectivity index (χ0v) is 22.8. The zero-order chi connectivity index (χ0) is 26.5. The summed E-state index contributed by atoms with van der Waals surface area (Å²) in [6.45, 7) is 8.58. The fraction of sp³-hybridized carbons (Fsp3) is 0.538. The van der Waals surface area contributed by atoms with Crippen molar-refractivity contribution in [3.63, 3.8) is 0 Å². The molecule has 0 bridgehead atoms. The molecule has 10 nitrogen and oxygen atoms in total. The molecule has 2 atom stereocenters. The Kier molecular flexibility index (Phi) is 6.80. The van der Waals surface area contributed by atoms with E-state index in [0.29, 0.717) is 24.7 Å². The van der Waals surface area contributed by atoms with Gasteiger partial charge in [-0.15, -0.1) is 0 Å². The van der Waals surface area contributed by atoms with E-state index in [2.05, 4.69) is 21.6 Å². The number of rotatable bonds is 5. The molecule has 0 aliphatic carbocycles. The maximum atomic E-state index is 12.6. The molecule has 2 unspecified atom stereocenters. The van der Waals surface area contributed by atoms with Gasteiger partial charge in [0.2, 0.25) is 0 Å². The van der Waals surface area contributed by atoms with Gasteiger partial charge >= 0.3 is 0 Å². The molecule has 5 rings (SSSR count). The predicted octanol–water partition coefficient (Wildman–Crippen LogP) is 2.48. The smallest absolute Gasteiger partial charge is 0.158 e. The van der Waals surface area contributed by atoms with Crippen molar-refractivity contribution >= 4 is 43.4 Å². The van der Waals surface area contributed by atoms with Crippen LogP contribution in [0.5, 0.6) is 0 Å². The van der Waals surface area contributed by atoms with Crippen LogP contribution in [0.3, 0.4) is 0 Å². The first-order valence-corrected chi connectivity index (χ1v) is 14.5. The van der Waals surface area contributed by atoms with Gasteiger partial charge in [0.25, 0.3) is 0 Å². The second kappa shape index (κ2) is 9.77. The summed E-state index contributed by atoms with van der Waals surface area (Å²) in [7, 11) is -1.36. The van der Waals surface area contributed by atoms with E-state index in [4.69, 9.17) is 26.3 Å². The Morgan fingerprint density at radius 1 is 1.19 bits per heavy atom. The second-order valence-electron chi connectivity index (χ2n) is 10.6. The lowest BCUT2D eigenvalue weighted by Crippen LogP contribution is -2.50. The van der Waals surface area contributed by atoms with Crippen molar-refractivity contribution in [2.24, 2.45) is 17.5 Å². The molecule has 11 heteroatoms. The minimum Gasteiger partial charge on any atom is -0.401 e. The van der Waals surface area contributed by atoms with Gasteiger partial charge in [-0.05, 0) is 57.7 Å². The quantitative estimate of drug-likeness (QED) is 0.379. The lowest BCUT2D eigenvalue weighted by molar-refractivity contribution is 0.0619. The van der Waals surface area contributed by atoms with Crippen molar-refractivity contribution in [1.82, 2.24) is 19.5 Å². The van der Waals surface area contributed by atoms with Crippen LogP contribution in [0, 0.1) is 5.92 Å². The summed E-state index contributed by atoms with van der Waals surface area (Å²) in [5.41, 5.74) is 11.1. The van der Waals surface area contributed by atoms with Crippen LogP contribution in [-0.4, -0.2) is 71.8 Å². The molecule has 0 saturated carbocycles. The summed E-state index contributed by atoms with van der Waals surface area (Å²) in [5, 5.41) is 1.61. The van der Waals surface area contributed by atoms with Crippen LogP contribution in [-0.2, 0) is 21.1 Å². The number of anilines is 1. The molecule has 3 aromatic rings. The maximum absolute atomic E-state index is 12.6. The normalized spacial score (nSPS) is 23.4. The Balaban J connectivity index is 1.65. The first kappa shape index (κ1) is 25.7. The summed E-state index contributed by atoms with van der Waals surface area (Å²) in [6.07, 6.45) is 3.79. The summed E-state index contributed by atoms with van der Waals surface area (Å²) >= 11 is 0. The zero-order valence-electron chi connectivity index (χ0n) is 22.0. The number of allylic oxidation sites excluding steroid dienone is 1. The van der Waals surface area contributed by atoms with Gasteiger partial charge in [0.15, 0.2) is 9.84 Å². The Bertz CT molecular complexity index is 1440. The average molecular weight is 528 g/mol. The molecule has 0 radical (unpaired) electrons. The van der Waals surface area contributed by atoms with Crippen molar-refractivity contribution < 1.29 is 13.2 Å². The summed E-state index contributed by atoms with van der Waals surface area (Å²) in [6, 6.07) is 6.14. The molecule has 2 fully saturated rings. The van der Waals surface area contributed by atoms with Crippen molar-refractivity contribution in [3.05, 3.63) is 35.7 Å². The van der Waals surface area contributed by atoms with E-state index < -0.39 is 20.3 Å². The number of sulfone groups is 1. The third-order valence-electron chi connectivity index (χ3n) is 7.71. The third kappa shape index (κ3) is 4.64. The van der Waals surface area contributed by atoms with Crippen molar-refractivity contribution in [1.29, 1.82) is 0 Å². The van der Waals surface area contributed by atoms with Gasteiger partial charge in [-0.25, -0.2) is 19.2 Å². The Hall–Kier alpha value is -2.89. The number of hydrazine groups is 1. The summed E-state index contributed by atoms with van der Waals surface area (Å²) < 4.78 is 33.0. The fourth-order valence-electron chi connectivity index (χ4n) is 5.68. The molecule has 5 heterocycles. The lowest BCUT2D eigenvalue weighted by Gasteiger charge is -2.35. The molecule has 4 N–H and O–H groups in total. The van der Waals surface area contributed by atoms with Gasteiger partial charge in [-0.1, -0.05) is 0 Å². The molecule has 0 spiro atoms. The van der Waals surface area contributed by atoms with Gasteiger partial charge in [-0.3, -0.25) is 4.98 Å². The van der Waals surface area contributed by atoms with E-state index in [0.717, 1.165) is 71.7 Å². The van der Waals surface area contributed by atoms with Crippen molar-refractivity contribution in [2.45, 2.75) is 50.7 Å². The van der Waals surface area contributed by atoms with Gasteiger partial charge < -0.3 is 24.9 Å². The van der Waals surface area contributed by atoms with Gasteiger partial charge in [0, 0.05) is 62.7 Å². The molecule has 0 amide bonds. The Labute approximate surface area is 218 Å². The number of ether oxygens (including phenoxy) is 1. The Morgan fingerprint density at radius 3 is 2.49 bits per heavy atom. The molecule has 37 heavy (non-hydrogen) atoms. The maximum Gasteiger partial charge on any atom is 0.158 e. The molecule has 2 saturated heterocycles. The van der Waals surface area contributed by atoms with Crippen LogP contribution < -0.4 is 16.5 Å². The summed E-state index contributed by atoms with van der Waals surface area (Å²) in [4.78, 5) is 12.0. The Morgan fingerprint density at radius 2 is 1.86 bits per heavy atom. The average Bonchev–Trinajstić information content (AvgIpc) is 3.15. The van der Waals surface area contributed by atoms with Crippen molar-refractivity contribution in [3.8, 4) is 0 Å². The standard InChI is InChI=1S/C26H37N7O3S/c1-16-13-32(14-17(2)37(16,34)35)23-6-5-21-24-22(11-20(12-29-24)25(18(3)27)31(4)28)33(26(21)30-23)15-19-7-9-36-10-8-19/h5-6,11-12,16-17,19H,7-10,13-15,27-28H2,1-4H3/b25-18-. The van der Waals surface area contributed by atoms with Gasteiger partial charge in [0.1, 0.15) is 11.5 Å². The van der Waals surface area contributed by atoms with E-state index in [1.165, 1.54) is 5.01 Å². The number of nitrogens with zero attached hydrogens (tertiary/aromatic N) is 5. The van der Waals surface area contributed by atoms with E-state index >= 15 is 0 Å². The minimum atomic E-state index is -3.12. The van der Waals surface area contributed by atoms with E-state index in [1.807, 2.05) is 19.2 Å². The highest BCUT2D eigenvalue weighted by atomic mass is 32.2. The first-order valence-electron chi connectivity index (χ1n) is 12.9. The topological polar surface area (TPSA) is 133 Å². The fourth-order valence-corrected chi connectivity index (χ4v) is 7.25. The highest BCUT2D eigenvalue weighted by Gasteiger charge is 2.36. The van der Waals surface area contributed by atoms with E-state index in [-0.39, 0.29) is 0 Å².